The molecule has 1 aliphatic rings. The molecule has 1 fully saturated rings. The molecular formula is C25H18ClF5N4O2S. The first-order valence-corrected chi connectivity index (χ1v) is 12.8. The SMILES string of the molecule is CSc1c(F)c(F)c(Nc2cc3c(Nc4ccc(Cl)c(F)c4)ncnc3cc2O[C@H]2CCOC2)c(F)c1F. The molecule has 13 heteroatoms. The van der Waals surface area contributed by atoms with Crippen LogP contribution in [-0.2, 0) is 4.74 Å². The van der Waals surface area contributed by atoms with Crippen molar-refractivity contribution in [2.75, 3.05) is 30.1 Å². The largest absolute Gasteiger partial charge is 0.486 e. The van der Waals surface area contributed by atoms with Crippen molar-refractivity contribution < 1.29 is 31.4 Å². The quantitative estimate of drug-likeness (QED) is 0.137. The molecule has 0 radical (unpaired) electrons. The standard InChI is InChI=1S/C25H18ClF5N4O2S/c1-38-24-21(30)19(28)23(20(29)22(24)31)35-17-7-13-16(8-18(17)37-12-4-5-36-9-12)32-10-33-25(13)34-11-2-3-14(26)15(27)6-11/h2-3,6-8,10,12,35H,4-5,9H2,1H3,(H,32,33,34)/t12-/m0/s1. The van der Waals surface area contributed by atoms with Gasteiger partial charge in [-0.3, -0.25) is 0 Å². The number of ether oxygens (including phenoxy) is 2. The van der Waals surface area contributed by atoms with Gasteiger partial charge in [-0.2, -0.15) is 0 Å². The average molecular weight is 569 g/mol. The lowest BCUT2D eigenvalue weighted by Crippen LogP contribution is -2.17. The molecule has 3 aromatic carbocycles. The van der Waals surface area contributed by atoms with E-state index in [1.807, 2.05) is 0 Å². The van der Waals surface area contributed by atoms with Crippen LogP contribution in [0.4, 0.5) is 44.8 Å². The fourth-order valence-electron chi connectivity index (χ4n) is 3.91. The second kappa shape index (κ2) is 10.8. The minimum Gasteiger partial charge on any atom is -0.486 e. The van der Waals surface area contributed by atoms with E-state index in [-0.39, 0.29) is 35.0 Å². The summed E-state index contributed by atoms with van der Waals surface area (Å²) in [5, 5.41) is 5.67. The number of rotatable bonds is 7. The van der Waals surface area contributed by atoms with E-state index >= 15 is 0 Å². The van der Waals surface area contributed by atoms with Crippen LogP contribution in [0.25, 0.3) is 10.9 Å². The first-order valence-electron chi connectivity index (χ1n) is 11.2. The molecule has 0 unspecified atom stereocenters. The van der Waals surface area contributed by atoms with Crippen LogP contribution in [0.2, 0.25) is 5.02 Å². The molecule has 0 saturated carbocycles. The molecule has 38 heavy (non-hydrogen) atoms. The molecule has 2 heterocycles. The molecule has 0 amide bonds. The maximum absolute atomic E-state index is 14.9. The first-order chi connectivity index (χ1) is 18.3. The maximum atomic E-state index is 14.9. The number of halogens is 6. The Balaban J connectivity index is 1.62. The van der Waals surface area contributed by atoms with E-state index in [2.05, 4.69) is 20.6 Å². The number of nitrogens with zero attached hydrogens (tertiary/aromatic N) is 2. The minimum atomic E-state index is -1.59. The molecular weight excluding hydrogens is 551 g/mol. The third kappa shape index (κ3) is 5.03. The first kappa shape index (κ1) is 26.3. The highest BCUT2D eigenvalue weighted by atomic mass is 35.5. The zero-order chi connectivity index (χ0) is 27.0. The smallest absolute Gasteiger partial charge is 0.186 e. The highest BCUT2D eigenvalue weighted by Crippen LogP contribution is 2.40. The third-order valence-electron chi connectivity index (χ3n) is 5.79. The summed E-state index contributed by atoms with van der Waals surface area (Å²) in [6.45, 7) is 0.745. The van der Waals surface area contributed by atoms with Gasteiger partial charge in [-0.05, 0) is 30.5 Å². The van der Waals surface area contributed by atoms with Crippen molar-refractivity contribution in [3.63, 3.8) is 0 Å². The Morgan fingerprint density at radius 3 is 2.42 bits per heavy atom. The lowest BCUT2D eigenvalue weighted by atomic mass is 10.1. The normalized spacial score (nSPS) is 15.2. The molecule has 4 aromatic rings. The van der Waals surface area contributed by atoms with Gasteiger partial charge in [0.2, 0.25) is 0 Å². The maximum Gasteiger partial charge on any atom is 0.186 e. The van der Waals surface area contributed by atoms with Gasteiger partial charge in [-0.1, -0.05) is 11.6 Å². The number of thioether (sulfide) groups is 1. The summed E-state index contributed by atoms with van der Waals surface area (Å²) in [7, 11) is 0. The molecule has 1 saturated heterocycles. The summed E-state index contributed by atoms with van der Waals surface area (Å²) in [5.74, 6) is -6.57. The lowest BCUT2D eigenvalue weighted by Gasteiger charge is -2.19. The van der Waals surface area contributed by atoms with Crippen molar-refractivity contribution in [3.8, 4) is 5.75 Å². The van der Waals surface area contributed by atoms with Crippen LogP contribution in [0.5, 0.6) is 5.75 Å². The number of anilines is 4. The van der Waals surface area contributed by atoms with E-state index in [9.17, 15) is 22.0 Å². The van der Waals surface area contributed by atoms with Gasteiger partial charge in [-0.15, -0.1) is 11.8 Å². The number of fused-ring (bicyclic) bond motifs is 1. The van der Waals surface area contributed by atoms with Crippen LogP contribution in [-0.4, -0.2) is 35.5 Å². The Morgan fingerprint density at radius 1 is 1.00 bits per heavy atom. The number of hydrogen-bond acceptors (Lipinski definition) is 7. The van der Waals surface area contributed by atoms with Crippen LogP contribution in [0, 0.1) is 29.1 Å². The summed E-state index contributed by atoms with van der Waals surface area (Å²) < 4.78 is 84.0. The third-order valence-corrected chi connectivity index (χ3v) is 6.86. The van der Waals surface area contributed by atoms with Crippen LogP contribution in [0.15, 0.2) is 41.6 Å². The van der Waals surface area contributed by atoms with Crippen molar-refractivity contribution in [3.05, 3.63) is 70.8 Å². The molecule has 1 atom stereocenters. The molecule has 198 valence electrons. The van der Waals surface area contributed by atoms with Crippen LogP contribution >= 0.6 is 23.4 Å². The topological polar surface area (TPSA) is 68.3 Å². The summed E-state index contributed by atoms with van der Waals surface area (Å²) >= 11 is 6.30. The van der Waals surface area contributed by atoms with Crippen molar-refractivity contribution >= 4 is 57.1 Å². The second-order valence-electron chi connectivity index (χ2n) is 8.23. The molecule has 1 aromatic heterocycles. The molecule has 2 N–H and O–H groups in total. The number of nitrogens with one attached hydrogen (secondary N) is 2. The van der Waals surface area contributed by atoms with Gasteiger partial charge in [0.15, 0.2) is 23.3 Å². The van der Waals surface area contributed by atoms with Gasteiger partial charge in [0.25, 0.3) is 0 Å². The Labute approximate surface area is 222 Å². The van der Waals surface area contributed by atoms with Gasteiger partial charge in [0, 0.05) is 23.6 Å². The number of aromatic nitrogens is 2. The zero-order valence-electron chi connectivity index (χ0n) is 19.5. The Hall–Kier alpha value is -3.35. The van der Waals surface area contributed by atoms with Crippen LogP contribution in [0.1, 0.15) is 6.42 Å². The highest BCUT2D eigenvalue weighted by Gasteiger charge is 2.27. The van der Waals surface area contributed by atoms with E-state index in [4.69, 9.17) is 21.1 Å². The summed E-state index contributed by atoms with van der Waals surface area (Å²) in [4.78, 5) is 7.63. The van der Waals surface area contributed by atoms with Crippen molar-refractivity contribution in [2.24, 2.45) is 0 Å². The Morgan fingerprint density at radius 2 is 1.76 bits per heavy atom. The van der Waals surface area contributed by atoms with Gasteiger partial charge < -0.3 is 20.1 Å². The minimum absolute atomic E-state index is 0.0157. The Bertz CT molecular complexity index is 1510. The van der Waals surface area contributed by atoms with Crippen molar-refractivity contribution in [1.82, 2.24) is 9.97 Å². The second-order valence-corrected chi connectivity index (χ2v) is 9.46. The van der Waals surface area contributed by atoms with E-state index in [1.54, 1.807) is 0 Å². The van der Waals surface area contributed by atoms with Crippen LogP contribution in [0.3, 0.4) is 0 Å². The molecule has 0 aliphatic carbocycles. The molecule has 0 bridgehead atoms. The summed E-state index contributed by atoms with van der Waals surface area (Å²) in [6, 6.07) is 6.95. The fraction of sp³-hybridized carbons (Fsp3) is 0.200. The van der Waals surface area contributed by atoms with Gasteiger partial charge >= 0.3 is 0 Å². The van der Waals surface area contributed by atoms with Crippen molar-refractivity contribution in [1.29, 1.82) is 0 Å². The predicted molar refractivity (Wildman–Crippen MR) is 135 cm³/mol. The average Bonchev–Trinajstić information content (AvgIpc) is 3.41. The highest BCUT2D eigenvalue weighted by molar-refractivity contribution is 7.98. The summed E-state index contributed by atoms with van der Waals surface area (Å²) in [5.41, 5.74) is -0.361. The summed E-state index contributed by atoms with van der Waals surface area (Å²) in [6.07, 6.45) is 2.75. The van der Waals surface area contributed by atoms with Gasteiger partial charge in [0.1, 0.15) is 35.5 Å². The van der Waals surface area contributed by atoms with E-state index in [0.29, 0.717) is 41.4 Å². The lowest BCUT2D eigenvalue weighted by molar-refractivity contribution is 0.142. The molecule has 0 spiro atoms. The van der Waals surface area contributed by atoms with E-state index in [0.717, 1.165) is 6.07 Å². The van der Waals surface area contributed by atoms with Gasteiger partial charge in [-0.25, -0.2) is 31.9 Å². The number of benzene rings is 3. The van der Waals surface area contributed by atoms with Crippen LogP contribution < -0.4 is 15.4 Å². The monoisotopic (exact) mass is 568 g/mol. The molecule has 1 aliphatic heterocycles. The molecule has 5 rings (SSSR count). The zero-order valence-corrected chi connectivity index (χ0v) is 21.1. The number of hydrogen-bond donors (Lipinski definition) is 2. The van der Waals surface area contributed by atoms with Crippen molar-refractivity contribution in [2.45, 2.75) is 17.4 Å². The Kier molecular flexibility index (Phi) is 7.46. The van der Waals surface area contributed by atoms with E-state index < -0.39 is 39.7 Å². The molecule has 6 nitrogen and oxygen atoms in total. The van der Waals surface area contributed by atoms with Gasteiger partial charge in [0.05, 0.1) is 34.3 Å². The predicted octanol–water partition coefficient (Wildman–Crippen LogP) is 7.36. The fourth-order valence-corrected chi connectivity index (χ4v) is 4.57. The van der Waals surface area contributed by atoms with E-state index in [1.165, 1.54) is 36.8 Å².